The molecule has 0 heterocycles. The van der Waals surface area contributed by atoms with E-state index in [2.05, 4.69) is 12.2 Å². The highest BCUT2D eigenvalue weighted by Crippen LogP contribution is 2.24. The van der Waals surface area contributed by atoms with Crippen molar-refractivity contribution in [1.82, 2.24) is 5.32 Å². The predicted octanol–water partition coefficient (Wildman–Crippen LogP) is 5.52. The molecule has 156 valence electrons. The second-order valence-electron chi connectivity index (χ2n) is 7.31. The molecule has 0 aliphatic carbocycles. The van der Waals surface area contributed by atoms with E-state index in [0.29, 0.717) is 11.3 Å². The summed E-state index contributed by atoms with van der Waals surface area (Å²) in [7, 11) is 1.59. The maximum Gasteiger partial charge on any atom is 0.251 e. The number of methoxy groups -OCH3 is 1. The van der Waals surface area contributed by atoms with E-state index < -0.39 is 0 Å². The first kappa shape index (κ1) is 21.4. The molecular weight excluding hydrogens is 381 g/mol. The van der Waals surface area contributed by atoms with E-state index in [4.69, 9.17) is 9.47 Å². The Bertz CT molecular complexity index is 1030. The molecule has 30 heavy (non-hydrogen) atoms. The molecule has 0 unspecified atom stereocenters. The third-order valence-electron chi connectivity index (χ3n) is 5.13. The van der Waals surface area contributed by atoms with Gasteiger partial charge in [0.2, 0.25) is 0 Å². The van der Waals surface area contributed by atoms with Crippen molar-refractivity contribution in [3.8, 4) is 11.5 Å². The van der Waals surface area contributed by atoms with E-state index in [0.717, 1.165) is 22.4 Å². The topological polar surface area (TPSA) is 47.6 Å². The molecule has 0 spiro atoms. The molecule has 0 saturated carbocycles. The maximum atomic E-state index is 13.1. The Morgan fingerprint density at radius 1 is 1.00 bits per heavy atom. The first-order chi connectivity index (χ1) is 14.4. The predicted molar refractivity (Wildman–Crippen MR) is 116 cm³/mol. The molecule has 0 aliphatic rings. The van der Waals surface area contributed by atoms with Crippen LogP contribution in [0.2, 0.25) is 0 Å². The molecule has 5 heteroatoms. The van der Waals surface area contributed by atoms with E-state index in [9.17, 15) is 9.18 Å². The van der Waals surface area contributed by atoms with Crippen LogP contribution in [-0.2, 0) is 6.61 Å². The number of aryl methyl sites for hydroxylation is 2. The molecule has 0 bridgehead atoms. The Kier molecular flexibility index (Phi) is 6.72. The minimum atomic E-state index is -0.305. The van der Waals surface area contributed by atoms with Gasteiger partial charge in [-0.2, -0.15) is 0 Å². The number of halogens is 1. The normalized spacial score (nSPS) is 11.6. The Morgan fingerprint density at radius 3 is 2.40 bits per heavy atom. The van der Waals surface area contributed by atoms with Crippen LogP contribution in [0.3, 0.4) is 0 Å². The van der Waals surface area contributed by atoms with E-state index in [1.807, 2.05) is 32.0 Å². The summed E-state index contributed by atoms with van der Waals surface area (Å²) in [6, 6.07) is 17.0. The SMILES string of the molecule is COc1ccc(C(=O)N[C@@H](C)c2ccc(F)cc2)cc1COc1ccc(C)c(C)c1. The zero-order valence-electron chi connectivity index (χ0n) is 17.7. The highest BCUT2D eigenvalue weighted by Gasteiger charge is 2.14. The van der Waals surface area contributed by atoms with Crippen LogP contribution in [0, 0.1) is 19.7 Å². The van der Waals surface area contributed by atoms with Crippen LogP contribution < -0.4 is 14.8 Å². The van der Waals surface area contributed by atoms with Crippen molar-refractivity contribution in [1.29, 1.82) is 0 Å². The summed E-state index contributed by atoms with van der Waals surface area (Å²) in [6.45, 7) is 6.23. The number of benzene rings is 3. The van der Waals surface area contributed by atoms with Crippen LogP contribution in [0.1, 0.15) is 45.6 Å². The fraction of sp³-hybridized carbons (Fsp3) is 0.240. The highest BCUT2D eigenvalue weighted by molar-refractivity contribution is 5.94. The number of hydrogen-bond donors (Lipinski definition) is 1. The highest BCUT2D eigenvalue weighted by atomic mass is 19.1. The second-order valence-corrected chi connectivity index (χ2v) is 7.31. The molecule has 0 radical (unpaired) electrons. The largest absolute Gasteiger partial charge is 0.496 e. The number of hydrogen-bond acceptors (Lipinski definition) is 3. The van der Waals surface area contributed by atoms with Crippen LogP contribution in [0.25, 0.3) is 0 Å². The van der Waals surface area contributed by atoms with Gasteiger partial charge in [-0.05, 0) is 79.9 Å². The molecule has 3 rings (SSSR count). The van der Waals surface area contributed by atoms with Crippen LogP contribution in [0.5, 0.6) is 11.5 Å². The molecule has 0 aromatic heterocycles. The van der Waals surface area contributed by atoms with Crippen molar-refractivity contribution >= 4 is 5.91 Å². The van der Waals surface area contributed by atoms with E-state index in [-0.39, 0.29) is 24.4 Å². The van der Waals surface area contributed by atoms with Crippen LogP contribution in [0.15, 0.2) is 60.7 Å². The van der Waals surface area contributed by atoms with Crippen molar-refractivity contribution in [2.75, 3.05) is 7.11 Å². The van der Waals surface area contributed by atoms with Crippen LogP contribution in [-0.4, -0.2) is 13.0 Å². The summed E-state index contributed by atoms with van der Waals surface area (Å²) >= 11 is 0. The minimum absolute atomic E-state index is 0.220. The first-order valence-electron chi connectivity index (χ1n) is 9.80. The Hall–Kier alpha value is -3.34. The zero-order valence-corrected chi connectivity index (χ0v) is 17.7. The van der Waals surface area contributed by atoms with Gasteiger partial charge in [0.05, 0.1) is 13.2 Å². The van der Waals surface area contributed by atoms with Gasteiger partial charge >= 0.3 is 0 Å². The molecule has 3 aromatic rings. The second kappa shape index (κ2) is 9.44. The number of ether oxygens (including phenoxy) is 2. The Balaban J connectivity index is 1.73. The van der Waals surface area contributed by atoms with Crippen LogP contribution in [0.4, 0.5) is 4.39 Å². The van der Waals surface area contributed by atoms with E-state index in [1.165, 1.54) is 17.7 Å². The van der Waals surface area contributed by atoms with Gasteiger partial charge in [0.15, 0.2) is 0 Å². The third-order valence-corrected chi connectivity index (χ3v) is 5.13. The van der Waals surface area contributed by atoms with Crippen molar-refractivity contribution in [3.63, 3.8) is 0 Å². The fourth-order valence-corrected chi connectivity index (χ4v) is 3.11. The number of carbonyl (C=O) groups is 1. The molecule has 1 N–H and O–H groups in total. The molecule has 1 atom stereocenters. The fourth-order valence-electron chi connectivity index (χ4n) is 3.11. The summed E-state index contributed by atoms with van der Waals surface area (Å²) in [5.74, 6) is 0.893. The average molecular weight is 407 g/mol. The number of carbonyl (C=O) groups excluding carboxylic acids is 1. The van der Waals surface area contributed by atoms with Gasteiger partial charge < -0.3 is 14.8 Å². The molecule has 3 aromatic carbocycles. The lowest BCUT2D eigenvalue weighted by atomic mass is 10.1. The van der Waals surface area contributed by atoms with Gasteiger partial charge in [0.1, 0.15) is 23.9 Å². The van der Waals surface area contributed by atoms with Crippen molar-refractivity contribution in [2.45, 2.75) is 33.4 Å². The summed E-state index contributed by atoms with van der Waals surface area (Å²) in [5, 5.41) is 2.94. The first-order valence-corrected chi connectivity index (χ1v) is 9.80. The number of nitrogens with one attached hydrogen (secondary N) is 1. The molecule has 0 saturated heterocycles. The maximum absolute atomic E-state index is 13.1. The molecule has 0 fully saturated rings. The van der Waals surface area contributed by atoms with Gasteiger partial charge in [-0.15, -0.1) is 0 Å². The molecule has 0 aliphatic heterocycles. The van der Waals surface area contributed by atoms with Crippen molar-refractivity contribution < 1.29 is 18.7 Å². The van der Waals surface area contributed by atoms with Gasteiger partial charge in [-0.1, -0.05) is 18.2 Å². The third kappa shape index (κ3) is 5.17. The minimum Gasteiger partial charge on any atom is -0.496 e. The summed E-state index contributed by atoms with van der Waals surface area (Å²) in [4.78, 5) is 12.7. The van der Waals surface area contributed by atoms with Crippen molar-refractivity contribution in [3.05, 3.63) is 94.3 Å². The van der Waals surface area contributed by atoms with E-state index in [1.54, 1.807) is 37.4 Å². The lowest BCUT2D eigenvalue weighted by Crippen LogP contribution is -2.26. The lowest BCUT2D eigenvalue weighted by molar-refractivity contribution is 0.0939. The number of amides is 1. The molecule has 4 nitrogen and oxygen atoms in total. The lowest BCUT2D eigenvalue weighted by Gasteiger charge is -2.16. The smallest absolute Gasteiger partial charge is 0.251 e. The van der Waals surface area contributed by atoms with Gasteiger partial charge in [0, 0.05) is 11.1 Å². The van der Waals surface area contributed by atoms with Crippen LogP contribution >= 0.6 is 0 Å². The Morgan fingerprint density at radius 2 is 1.73 bits per heavy atom. The van der Waals surface area contributed by atoms with E-state index >= 15 is 0 Å². The monoisotopic (exact) mass is 407 g/mol. The number of rotatable bonds is 7. The Labute approximate surface area is 176 Å². The molecule has 1 amide bonds. The van der Waals surface area contributed by atoms with Gasteiger partial charge in [-0.25, -0.2) is 4.39 Å². The van der Waals surface area contributed by atoms with Gasteiger partial charge in [0.25, 0.3) is 5.91 Å². The van der Waals surface area contributed by atoms with Gasteiger partial charge in [-0.3, -0.25) is 4.79 Å². The summed E-state index contributed by atoms with van der Waals surface area (Å²) in [5.41, 5.74) is 4.47. The summed E-state index contributed by atoms with van der Waals surface area (Å²) < 4.78 is 24.5. The average Bonchev–Trinajstić information content (AvgIpc) is 2.74. The van der Waals surface area contributed by atoms with Crippen molar-refractivity contribution in [2.24, 2.45) is 0 Å². The zero-order chi connectivity index (χ0) is 21.7. The summed E-state index contributed by atoms with van der Waals surface area (Å²) in [6.07, 6.45) is 0. The molecular formula is C25H26FNO3. The quantitative estimate of drug-likeness (QED) is 0.561. The standard InChI is InChI=1S/C25H26FNO3/c1-16-5-11-23(13-17(16)2)30-15-21-14-20(8-12-24(21)29-4)25(28)27-18(3)19-6-9-22(26)10-7-19/h5-14,18H,15H2,1-4H3,(H,27,28)/t18-/m0/s1.